The van der Waals surface area contributed by atoms with Gasteiger partial charge in [-0.15, -0.1) is 4.91 Å². The van der Waals surface area contributed by atoms with E-state index in [0.717, 1.165) is 6.42 Å². The summed E-state index contributed by atoms with van der Waals surface area (Å²) in [7, 11) is 5.85. The van der Waals surface area contributed by atoms with Crippen molar-refractivity contribution in [2.45, 2.75) is 33.1 Å². The van der Waals surface area contributed by atoms with Gasteiger partial charge in [-0.2, -0.15) is 0 Å². The molecule has 0 atom stereocenters. The summed E-state index contributed by atoms with van der Waals surface area (Å²) in [4.78, 5) is 34.3. The highest BCUT2D eigenvalue weighted by Crippen LogP contribution is 2.37. The Bertz CT molecular complexity index is 896. The molecule has 8 nitrogen and oxygen atoms in total. The summed E-state index contributed by atoms with van der Waals surface area (Å²) >= 11 is 0. The number of nitrogen functional groups attached to an aromatic ring is 1. The van der Waals surface area contributed by atoms with Crippen molar-refractivity contribution >= 4 is 36.6 Å². The number of hydrogen-bond acceptors (Lipinski definition) is 8. The molecule has 1 fully saturated rings. The lowest BCUT2D eigenvalue weighted by atomic mass is 9.76. The predicted octanol–water partition coefficient (Wildman–Crippen LogP) is 2.48. The van der Waals surface area contributed by atoms with Crippen LogP contribution in [0.1, 0.15) is 33.1 Å². The average Bonchev–Trinajstić information content (AvgIpc) is 2.76. The molecule has 1 aromatic carbocycles. The molecule has 0 unspecified atom stereocenters. The van der Waals surface area contributed by atoms with Gasteiger partial charge in [0.1, 0.15) is 13.5 Å². The topological polar surface area (TPSA) is 111 Å². The van der Waals surface area contributed by atoms with Gasteiger partial charge in [0.15, 0.2) is 0 Å². The minimum Gasteiger partial charge on any atom is -0.466 e. The molecule has 2 radical (unpaired) electrons. The monoisotopic (exact) mass is 393 g/mol. The van der Waals surface area contributed by atoms with E-state index in [-0.39, 0.29) is 22.8 Å². The number of nitrogens with two attached hydrogens (primary N) is 1. The lowest BCUT2D eigenvalue weighted by Gasteiger charge is -2.39. The number of aromatic nitrogens is 2. The number of carbonyl (C=O) groups is 1. The van der Waals surface area contributed by atoms with Crippen molar-refractivity contribution in [3.05, 3.63) is 29.4 Å². The van der Waals surface area contributed by atoms with Gasteiger partial charge in [0.25, 0.3) is 0 Å². The Morgan fingerprint density at radius 1 is 1.24 bits per heavy atom. The van der Waals surface area contributed by atoms with Crippen LogP contribution in [0.3, 0.4) is 0 Å². The zero-order chi connectivity index (χ0) is 21.0. The molecule has 1 aliphatic rings. The normalized spacial score (nSPS) is 15.7. The molecular formula is C20H24BN5O3. The Labute approximate surface area is 171 Å². The summed E-state index contributed by atoms with van der Waals surface area (Å²) in [6, 6.07) is 3.23. The summed E-state index contributed by atoms with van der Waals surface area (Å²) < 4.78 is 5.28. The Balaban J connectivity index is 1.74. The van der Waals surface area contributed by atoms with Gasteiger partial charge >= 0.3 is 5.97 Å². The largest absolute Gasteiger partial charge is 0.466 e. The van der Waals surface area contributed by atoms with E-state index in [2.05, 4.69) is 20.0 Å². The van der Waals surface area contributed by atoms with Crippen molar-refractivity contribution in [2.24, 2.45) is 10.6 Å². The summed E-state index contributed by atoms with van der Waals surface area (Å²) in [6.45, 7) is 5.61. The third-order valence-corrected chi connectivity index (χ3v) is 5.65. The fraction of sp³-hybridized carbons (Fsp3) is 0.450. The summed E-state index contributed by atoms with van der Waals surface area (Å²) in [6.07, 6.45) is 5.52. The van der Waals surface area contributed by atoms with Gasteiger partial charge in [0.2, 0.25) is 5.95 Å². The van der Waals surface area contributed by atoms with Crippen LogP contribution in [0.15, 0.2) is 29.7 Å². The van der Waals surface area contributed by atoms with Gasteiger partial charge in [0.05, 0.1) is 17.7 Å². The first-order valence-electron chi connectivity index (χ1n) is 9.71. The van der Waals surface area contributed by atoms with Crippen molar-refractivity contribution in [3.63, 3.8) is 0 Å². The fourth-order valence-corrected chi connectivity index (χ4v) is 3.66. The van der Waals surface area contributed by atoms with E-state index in [4.69, 9.17) is 18.3 Å². The molecule has 0 spiro atoms. The van der Waals surface area contributed by atoms with Crippen molar-refractivity contribution < 1.29 is 9.53 Å². The smallest absolute Gasteiger partial charge is 0.312 e. The lowest BCUT2D eigenvalue weighted by molar-refractivity contribution is -0.157. The van der Waals surface area contributed by atoms with Crippen molar-refractivity contribution in [3.8, 4) is 11.1 Å². The van der Waals surface area contributed by atoms with E-state index in [1.54, 1.807) is 24.5 Å². The first-order chi connectivity index (χ1) is 13.9. The number of carbonyl (C=O) groups excluding carboxylic acids is 1. The van der Waals surface area contributed by atoms with Crippen LogP contribution in [0.2, 0.25) is 0 Å². The van der Waals surface area contributed by atoms with Crippen LogP contribution in [0.4, 0.5) is 17.3 Å². The molecule has 150 valence electrons. The highest BCUT2D eigenvalue weighted by Gasteiger charge is 2.41. The minimum atomic E-state index is -0.424. The number of esters is 1. The molecular weight excluding hydrogens is 369 g/mol. The minimum absolute atomic E-state index is 0.0926. The van der Waals surface area contributed by atoms with Gasteiger partial charge in [-0.25, -0.2) is 9.97 Å². The number of nitroso groups, excluding NO2 is 1. The molecule has 0 bridgehead atoms. The number of ether oxygens (including phenoxy) is 1. The van der Waals surface area contributed by atoms with Crippen LogP contribution in [-0.2, 0) is 9.53 Å². The first kappa shape index (κ1) is 20.8. The maximum atomic E-state index is 12.4. The molecule has 2 aromatic rings. The third-order valence-electron chi connectivity index (χ3n) is 5.65. The average molecular weight is 393 g/mol. The molecule has 0 aliphatic carbocycles. The standard InChI is InChI=1S/C20H24BN5O3/c1-3-20(18(27)29-4-2)5-7-26(8-6-20)19-23-11-14(12-24-19)13-9-15(21)17(22)16(10-13)25-28/h9-12H,3-8,22H2,1-2H3. The zero-order valence-electron chi connectivity index (χ0n) is 16.7. The van der Waals surface area contributed by atoms with Crippen LogP contribution in [-0.4, -0.2) is 43.5 Å². The highest BCUT2D eigenvalue weighted by atomic mass is 16.5. The molecule has 0 saturated carbocycles. The SMILES string of the molecule is [B]c1cc(-c2cnc(N3CCC(CC)(C(=O)OCC)CC3)nc2)cc(N=O)c1N. The maximum Gasteiger partial charge on any atom is 0.312 e. The number of hydrogen-bond donors (Lipinski definition) is 1. The molecule has 3 rings (SSSR count). The van der Waals surface area contributed by atoms with Gasteiger partial charge in [0, 0.05) is 31.0 Å². The van der Waals surface area contributed by atoms with Gasteiger partial charge in [-0.3, -0.25) is 4.79 Å². The first-order valence-corrected chi connectivity index (χ1v) is 9.71. The van der Waals surface area contributed by atoms with Crippen molar-refractivity contribution in [1.29, 1.82) is 0 Å². The lowest BCUT2D eigenvalue weighted by Crippen LogP contribution is -2.45. The van der Waals surface area contributed by atoms with Crippen LogP contribution in [0.25, 0.3) is 11.1 Å². The van der Waals surface area contributed by atoms with E-state index in [9.17, 15) is 9.70 Å². The number of nitrogens with zero attached hydrogens (tertiary/aromatic N) is 4. The summed E-state index contributed by atoms with van der Waals surface area (Å²) in [5.74, 6) is 0.485. The fourth-order valence-electron chi connectivity index (χ4n) is 3.66. The number of anilines is 2. The second-order valence-corrected chi connectivity index (χ2v) is 7.20. The van der Waals surface area contributed by atoms with Gasteiger partial charge < -0.3 is 15.4 Å². The molecule has 1 saturated heterocycles. The predicted molar refractivity (Wildman–Crippen MR) is 114 cm³/mol. The Kier molecular flexibility index (Phi) is 6.15. The maximum absolute atomic E-state index is 12.4. The van der Waals surface area contributed by atoms with E-state index in [1.165, 1.54) is 0 Å². The Morgan fingerprint density at radius 3 is 2.45 bits per heavy atom. The van der Waals surface area contributed by atoms with E-state index >= 15 is 0 Å². The molecule has 1 aromatic heterocycles. The third kappa shape index (κ3) is 4.08. The van der Waals surface area contributed by atoms with E-state index in [0.29, 0.717) is 49.6 Å². The van der Waals surface area contributed by atoms with Crippen LogP contribution < -0.4 is 16.1 Å². The van der Waals surface area contributed by atoms with E-state index < -0.39 is 5.41 Å². The van der Waals surface area contributed by atoms with Crippen LogP contribution in [0, 0.1) is 10.3 Å². The molecule has 0 amide bonds. The van der Waals surface area contributed by atoms with Crippen molar-refractivity contribution in [1.82, 2.24) is 9.97 Å². The molecule has 9 heteroatoms. The summed E-state index contributed by atoms with van der Waals surface area (Å²) in [5, 5.41) is 2.92. The Hall–Kier alpha value is -2.97. The Morgan fingerprint density at radius 2 is 1.90 bits per heavy atom. The molecule has 2 N–H and O–H groups in total. The second kappa shape index (κ2) is 8.59. The number of piperidine rings is 1. The van der Waals surface area contributed by atoms with Crippen LogP contribution >= 0.6 is 0 Å². The molecule has 29 heavy (non-hydrogen) atoms. The van der Waals surface area contributed by atoms with E-state index in [1.807, 2.05) is 13.8 Å². The second-order valence-electron chi connectivity index (χ2n) is 7.20. The number of benzene rings is 1. The van der Waals surface area contributed by atoms with Gasteiger partial charge in [-0.1, -0.05) is 18.5 Å². The molecule has 2 heterocycles. The van der Waals surface area contributed by atoms with Gasteiger partial charge in [-0.05, 0) is 43.0 Å². The van der Waals surface area contributed by atoms with Crippen LogP contribution in [0.5, 0.6) is 0 Å². The molecule has 1 aliphatic heterocycles. The zero-order valence-corrected chi connectivity index (χ0v) is 16.7. The number of rotatable bonds is 6. The quantitative estimate of drug-likeness (QED) is 0.347. The summed E-state index contributed by atoms with van der Waals surface area (Å²) in [5.41, 5.74) is 7.24. The van der Waals surface area contributed by atoms with Crippen molar-refractivity contribution in [2.75, 3.05) is 30.3 Å². The highest BCUT2D eigenvalue weighted by molar-refractivity contribution is 6.36.